The number of allylic oxidation sites excluding steroid dienone is 1. The van der Waals surface area contributed by atoms with E-state index in [4.69, 9.17) is 18.9 Å². The number of benzene rings is 2. The number of Topliss-reactive ketones (excluding diaryl/α,β-unsaturated/α-hetero) is 2. The van der Waals surface area contributed by atoms with Crippen LogP contribution in [0.15, 0.2) is 48.7 Å². The van der Waals surface area contributed by atoms with Gasteiger partial charge in [-0.05, 0) is 55.7 Å². The molecule has 2 aliphatic rings. The molecule has 7 heteroatoms. The number of hydrogen-bond acceptors (Lipinski definition) is 6. The van der Waals surface area contributed by atoms with Gasteiger partial charge >= 0.3 is 0 Å². The number of ether oxygens (including phenoxy) is 4. The molecule has 0 radical (unpaired) electrons. The fourth-order valence-corrected chi connectivity index (χ4v) is 5.38. The van der Waals surface area contributed by atoms with Crippen molar-refractivity contribution in [2.24, 2.45) is 13.0 Å². The van der Waals surface area contributed by atoms with Crippen molar-refractivity contribution in [3.8, 4) is 11.5 Å². The summed E-state index contributed by atoms with van der Waals surface area (Å²) in [4.78, 5) is 26.4. The van der Waals surface area contributed by atoms with Crippen LogP contribution in [0.4, 0.5) is 0 Å². The third-order valence-corrected chi connectivity index (χ3v) is 7.54. The molecule has 3 aromatic rings. The topological polar surface area (TPSA) is 76.0 Å². The van der Waals surface area contributed by atoms with E-state index in [1.807, 2.05) is 61.0 Å². The van der Waals surface area contributed by atoms with Crippen LogP contribution in [0.3, 0.4) is 0 Å². The summed E-state index contributed by atoms with van der Waals surface area (Å²) in [6.07, 6.45) is 3.16. The van der Waals surface area contributed by atoms with Crippen molar-refractivity contribution in [1.82, 2.24) is 4.57 Å². The van der Waals surface area contributed by atoms with Gasteiger partial charge in [0.2, 0.25) is 0 Å². The first-order chi connectivity index (χ1) is 17.4. The Morgan fingerprint density at radius 3 is 2.50 bits per heavy atom. The smallest absolute Gasteiger partial charge is 0.190 e. The summed E-state index contributed by atoms with van der Waals surface area (Å²) in [5.41, 5.74) is 3.95. The highest BCUT2D eigenvalue weighted by molar-refractivity contribution is 6.22. The quantitative estimate of drug-likeness (QED) is 0.440. The summed E-state index contributed by atoms with van der Waals surface area (Å²) in [6, 6.07) is 13.2. The van der Waals surface area contributed by atoms with E-state index in [0.717, 1.165) is 27.9 Å². The highest BCUT2D eigenvalue weighted by Crippen LogP contribution is 2.37. The fraction of sp³-hybridized carbons (Fsp3) is 0.379. The Morgan fingerprint density at radius 1 is 1.06 bits per heavy atom. The maximum atomic E-state index is 13.2. The maximum Gasteiger partial charge on any atom is 0.190 e. The number of aromatic nitrogens is 1. The largest absolute Gasteiger partial charge is 0.497 e. The van der Waals surface area contributed by atoms with Gasteiger partial charge in [-0.15, -0.1) is 0 Å². The zero-order valence-electron chi connectivity index (χ0n) is 21.1. The van der Waals surface area contributed by atoms with Crippen LogP contribution in [0.5, 0.6) is 11.5 Å². The zero-order chi connectivity index (χ0) is 25.4. The van der Waals surface area contributed by atoms with E-state index in [9.17, 15) is 9.59 Å². The van der Waals surface area contributed by atoms with Gasteiger partial charge in [-0.3, -0.25) is 9.59 Å². The highest BCUT2D eigenvalue weighted by Gasteiger charge is 2.40. The lowest BCUT2D eigenvalue weighted by Crippen LogP contribution is -2.41. The number of aryl methyl sites for hydroxylation is 1. The first-order valence-corrected chi connectivity index (χ1v) is 12.2. The summed E-state index contributed by atoms with van der Waals surface area (Å²) in [5, 5.41) is 0.865. The molecule has 3 atom stereocenters. The number of rotatable bonds is 7. The summed E-state index contributed by atoms with van der Waals surface area (Å²) in [7, 11) is 5.18. The molecule has 2 heterocycles. The van der Waals surface area contributed by atoms with E-state index in [1.54, 1.807) is 20.5 Å². The molecule has 2 aromatic carbocycles. The second-order valence-corrected chi connectivity index (χ2v) is 9.48. The monoisotopic (exact) mass is 489 g/mol. The predicted octanol–water partition coefficient (Wildman–Crippen LogP) is 4.88. The van der Waals surface area contributed by atoms with Crippen LogP contribution < -0.4 is 9.47 Å². The molecule has 0 N–H and O–H groups in total. The molecule has 0 saturated heterocycles. The Balaban J connectivity index is 1.25. The number of carbonyl (C=O) groups is 2. The number of fused-ring (bicyclic) bond motifs is 2. The van der Waals surface area contributed by atoms with Crippen LogP contribution in [0.25, 0.3) is 16.5 Å². The Labute approximate surface area is 210 Å². The maximum absolute atomic E-state index is 13.2. The first-order valence-electron chi connectivity index (χ1n) is 12.2. The molecule has 1 aliphatic carbocycles. The second-order valence-electron chi connectivity index (χ2n) is 9.48. The molecule has 36 heavy (non-hydrogen) atoms. The van der Waals surface area contributed by atoms with Crippen molar-refractivity contribution < 1.29 is 28.5 Å². The molecule has 3 unspecified atom stereocenters. The minimum Gasteiger partial charge on any atom is -0.497 e. The van der Waals surface area contributed by atoms with Crippen LogP contribution >= 0.6 is 0 Å². The number of nitrogens with zero attached hydrogens (tertiary/aromatic N) is 1. The predicted molar refractivity (Wildman–Crippen MR) is 136 cm³/mol. The zero-order valence-corrected chi connectivity index (χ0v) is 21.1. The van der Waals surface area contributed by atoms with Gasteiger partial charge in [-0.1, -0.05) is 12.1 Å². The molecule has 7 nitrogen and oxygen atoms in total. The second kappa shape index (κ2) is 9.82. The van der Waals surface area contributed by atoms with Gasteiger partial charge in [0.25, 0.3) is 0 Å². The molecule has 1 aromatic heterocycles. The summed E-state index contributed by atoms with van der Waals surface area (Å²) < 4.78 is 24.7. The van der Waals surface area contributed by atoms with Crippen molar-refractivity contribution in [3.05, 3.63) is 65.5 Å². The lowest BCUT2D eigenvalue weighted by Gasteiger charge is -2.37. The van der Waals surface area contributed by atoms with Gasteiger partial charge < -0.3 is 23.5 Å². The van der Waals surface area contributed by atoms with Crippen molar-refractivity contribution in [2.45, 2.75) is 38.4 Å². The van der Waals surface area contributed by atoms with Crippen LogP contribution in [0, 0.1) is 12.8 Å². The molecule has 0 spiro atoms. The molecule has 0 amide bonds. The van der Waals surface area contributed by atoms with E-state index >= 15 is 0 Å². The van der Waals surface area contributed by atoms with Crippen molar-refractivity contribution >= 4 is 28.0 Å². The van der Waals surface area contributed by atoms with E-state index in [1.165, 1.54) is 0 Å². The van der Waals surface area contributed by atoms with Gasteiger partial charge in [0.15, 0.2) is 11.6 Å². The molecular formula is C29H31NO6. The Bertz CT molecular complexity index is 1340. The minimum atomic E-state index is -0.239. The molecule has 188 valence electrons. The van der Waals surface area contributed by atoms with Crippen molar-refractivity contribution in [1.29, 1.82) is 0 Å². The van der Waals surface area contributed by atoms with Gasteiger partial charge in [-0.2, -0.15) is 0 Å². The van der Waals surface area contributed by atoms with Gasteiger partial charge in [-0.25, -0.2) is 0 Å². The Kier molecular flexibility index (Phi) is 6.58. The van der Waals surface area contributed by atoms with Crippen LogP contribution in [0.2, 0.25) is 0 Å². The van der Waals surface area contributed by atoms with Crippen molar-refractivity contribution in [2.75, 3.05) is 20.8 Å². The average Bonchev–Trinajstić information content (AvgIpc) is 3.16. The Morgan fingerprint density at radius 2 is 1.78 bits per heavy atom. The standard InChI is InChI=1S/C29H31NO6/c1-17-28(23-13-20(34-4)10-12-25(23)30(17)2)26(31)16-35-21-9-11-22-27(14-21)36-15-24(29(22)32)18-5-7-19(33-3)8-6-18/h5-8,10,12-13,15,21-22,27H,9,11,14,16H2,1-4H3. The third kappa shape index (κ3) is 4.28. The van der Waals surface area contributed by atoms with E-state index < -0.39 is 0 Å². The van der Waals surface area contributed by atoms with Gasteiger partial charge in [0, 0.05) is 35.6 Å². The first kappa shape index (κ1) is 24.1. The van der Waals surface area contributed by atoms with Crippen LogP contribution in [-0.2, 0) is 21.3 Å². The lowest BCUT2D eigenvalue weighted by molar-refractivity contribution is -0.127. The number of carbonyl (C=O) groups excluding carboxylic acids is 2. The summed E-state index contributed by atoms with van der Waals surface area (Å²) in [6.45, 7) is 1.93. The normalized spacial score (nSPS) is 21.5. The van der Waals surface area contributed by atoms with Crippen LogP contribution in [0.1, 0.15) is 40.9 Å². The van der Waals surface area contributed by atoms with E-state index in [0.29, 0.717) is 36.1 Å². The van der Waals surface area contributed by atoms with Crippen molar-refractivity contribution in [3.63, 3.8) is 0 Å². The summed E-state index contributed by atoms with van der Waals surface area (Å²) in [5.74, 6) is 1.30. The molecular weight excluding hydrogens is 458 g/mol. The number of methoxy groups -OCH3 is 2. The summed E-state index contributed by atoms with van der Waals surface area (Å²) >= 11 is 0. The molecule has 0 bridgehead atoms. The van der Waals surface area contributed by atoms with Crippen LogP contribution in [-0.4, -0.2) is 49.2 Å². The molecule has 1 fully saturated rings. The Hall–Kier alpha value is -3.58. The van der Waals surface area contributed by atoms with E-state index in [-0.39, 0.29) is 36.3 Å². The SMILES string of the molecule is COc1ccc(C2=COC3CC(OCC(=O)c4c(C)n(C)c5ccc(OC)cc45)CCC3C2=O)cc1. The third-order valence-electron chi connectivity index (χ3n) is 7.54. The molecule has 1 saturated carbocycles. The van der Waals surface area contributed by atoms with Gasteiger partial charge in [0.05, 0.1) is 38.1 Å². The fourth-order valence-electron chi connectivity index (χ4n) is 5.38. The number of ketones is 2. The highest BCUT2D eigenvalue weighted by atomic mass is 16.5. The minimum absolute atomic E-state index is 0.0138. The van der Waals surface area contributed by atoms with E-state index in [2.05, 4.69) is 0 Å². The number of hydrogen-bond donors (Lipinski definition) is 0. The molecule has 5 rings (SSSR count). The average molecular weight is 490 g/mol. The van der Waals surface area contributed by atoms with Gasteiger partial charge in [0.1, 0.15) is 24.2 Å². The molecule has 1 aliphatic heterocycles. The lowest BCUT2D eigenvalue weighted by atomic mass is 9.78.